The van der Waals surface area contributed by atoms with Crippen LogP contribution in [0.15, 0.2) is 36.4 Å². The van der Waals surface area contributed by atoms with E-state index in [4.69, 9.17) is 26.1 Å². The molecule has 0 atom stereocenters. The smallest absolute Gasteiger partial charge is 0.233 e. The number of ether oxygens (including phenoxy) is 2. The van der Waals surface area contributed by atoms with Crippen LogP contribution in [0.25, 0.3) is 10.2 Å². The molecule has 4 rings (SSSR count). The number of rotatable bonds is 8. The van der Waals surface area contributed by atoms with Crippen LogP contribution in [0.2, 0.25) is 5.02 Å². The predicted molar refractivity (Wildman–Crippen MR) is 138 cm³/mol. The first-order valence-electron chi connectivity index (χ1n) is 10.8. The maximum atomic E-state index is 13.4. The van der Waals surface area contributed by atoms with Gasteiger partial charge in [0, 0.05) is 31.2 Å². The van der Waals surface area contributed by atoms with Gasteiger partial charge in [-0.15, -0.1) is 12.4 Å². The molecule has 1 fully saturated rings. The highest BCUT2D eigenvalue weighted by molar-refractivity contribution is 7.22. The minimum absolute atomic E-state index is 0. The van der Waals surface area contributed by atoms with Crippen LogP contribution in [0.5, 0.6) is 5.75 Å². The molecule has 9 heteroatoms. The molecule has 0 radical (unpaired) electrons. The monoisotopic (exact) mass is 509 g/mol. The van der Waals surface area contributed by atoms with Crippen molar-refractivity contribution in [3.8, 4) is 5.75 Å². The highest BCUT2D eigenvalue weighted by Gasteiger charge is 2.23. The molecule has 1 saturated heterocycles. The Balaban J connectivity index is 0.00000306. The number of fused-ring (bicyclic) bond motifs is 1. The summed E-state index contributed by atoms with van der Waals surface area (Å²) in [5, 5.41) is 1.31. The molecular weight excluding hydrogens is 481 g/mol. The van der Waals surface area contributed by atoms with Gasteiger partial charge in [-0.25, -0.2) is 4.98 Å². The number of halogens is 2. The van der Waals surface area contributed by atoms with E-state index in [0.717, 1.165) is 66.4 Å². The van der Waals surface area contributed by atoms with Crippen molar-refractivity contribution in [1.82, 2.24) is 9.88 Å². The van der Waals surface area contributed by atoms with Crippen molar-refractivity contribution in [3.05, 3.63) is 52.5 Å². The molecular formula is C24H29Cl2N3O3S. The fraction of sp³-hybridized carbons (Fsp3) is 0.417. The largest absolute Gasteiger partial charge is 0.494 e. The lowest BCUT2D eigenvalue weighted by molar-refractivity contribution is -0.118. The van der Waals surface area contributed by atoms with E-state index in [1.807, 2.05) is 41.3 Å². The van der Waals surface area contributed by atoms with Crippen molar-refractivity contribution in [2.75, 3.05) is 51.4 Å². The summed E-state index contributed by atoms with van der Waals surface area (Å²) in [6, 6.07) is 11.5. The van der Waals surface area contributed by atoms with Gasteiger partial charge >= 0.3 is 0 Å². The maximum Gasteiger partial charge on any atom is 0.233 e. The number of nitrogens with zero attached hydrogens (tertiary/aromatic N) is 3. The number of benzene rings is 2. The third-order valence-corrected chi connectivity index (χ3v) is 7.29. The number of hydrogen-bond donors (Lipinski definition) is 0. The lowest BCUT2D eigenvalue weighted by atomic mass is 10.1. The fourth-order valence-corrected chi connectivity index (χ4v) is 5.18. The average molecular weight is 510 g/mol. The van der Waals surface area contributed by atoms with Gasteiger partial charge in [-0.3, -0.25) is 14.6 Å². The van der Waals surface area contributed by atoms with Gasteiger partial charge < -0.3 is 9.47 Å². The van der Waals surface area contributed by atoms with Gasteiger partial charge in [-0.1, -0.05) is 47.2 Å². The molecule has 2 aromatic carbocycles. The Kier molecular flexibility index (Phi) is 9.35. The van der Waals surface area contributed by atoms with E-state index in [1.165, 1.54) is 11.3 Å². The lowest BCUT2D eigenvalue weighted by Crippen LogP contribution is -2.39. The summed E-state index contributed by atoms with van der Waals surface area (Å²) in [4.78, 5) is 22.5. The molecule has 1 aromatic heterocycles. The molecule has 1 amide bonds. The Hall–Kier alpha value is -1.90. The summed E-state index contributed by atoms with van der Waals surface area (Å²) < 4.78 is 12.0. The maximum absolute atomic E-state index is 13.4. The number of hydrogen-bond acceptors (Lipinski definition) is 6. The molecule has 2 heterocycles. The van der Waals surface area contributed by atoms with Gasteiger partial charge in [-0.2, -0.15) is 0 Å². The highest BCUT2D eigenvalue weighted by Crippen LogP contribution is 2.36. The number of amides is 1. The molecule has 178 valence electrons. The number of methoxy groups -OCH3 is 1. The van der Waals surface area contributed by atoms with Crippen LogP contribution in [-0.2, 0) is 16.0 Å². The van der Waals surface area contributed by atoms with Crippen LogP contribution in [-0.4, -0.2) is 62.3 Å². The Morgan fingerprint density at radius 2 is 2.00 bits per heavy atom. The number of aromatic nitrogens is 1. The van der Waals surface area contributed by atoms with E-state index in [-0.39, 0.29) is 24.7 Å². The molecule has 0 N–H and O–H groups in total. The standard InChI is InChI=1S/C24H28ClN3O3S.ClH/c1-17-8-9-20(30-2)22-23(17)32-24(26-22)28(11-5-10-27-12-14-31-15-13-27)21(29)16-18-6-3-4-7-19(18)25;/h3-4,6-9H,5,10-16H2,1-2H3;1H. The van der Waals surface area contributed by atoms with Crippen molar-refractivity contribution in [3.63, 3.8) is 0 Å². The second-order valence-corrected chi connectivity index (χ2v) is 9.26. The van der Waals surface area contributed by atoms with Crippen LogP contribution in [0.1, 0.15) is 17.5 Å². The molecule has 33 heavy (non-hydrogen) atoms. The van der Waals surface area contributed by atoms with E-state index in [2.05, 4.69) is 11.8 Å². The Morgan fingerprint density at radius 3 is 2.73 bits per heavy atom. The van der Waals surface area contributed by atoms with Crippen molar-refractivity contribution in [2.24, 2.45) is 0 Å². The molecule has 0 aliphatic carbocycles. The average Bonchev–Trinajstić information content (AvgIpc) is 3.25. The zero-order valence-corrected chi connectivity index (χ0v) is 21.3. The minimum atomic E-state index is -0.00393. The predicted octanol–water partition coefficient (Wildman–Crippen LogP) is 4.99. The lowest BCUT2D eigenvalue weighted by Gasteiger charge is -2.27. The second-order valence-electron chi connectivity index (χ2n) is 7.88. The minimum Gasteiger partial charge on any atom is -0.494 e. The number of anilines is 1. The Morgan fingerprint density at radius 1 is 1.24 bits per heavy atom. The summed E-state index contributed by atoms with van der Waals surface area (Å²) >= 11 is 7.87. The van der Waals surface area contributed by atoms with Crippen LogP contribution in [0.4, 0.5) is 5.13 Å². The van der Waals surface area contributed by atoms with Gasteiger partial charge in [-0.05, 0) is 36.6 Å². The topological polar surface area (TPSA) is 54.9 Å². The quantitative estimate of drug-likeness (QED) is 0.428. The summed E-state index contributed by atoms with van der Waals surface area (Å²) in [5.74, 6) is 0.718. The zero-order chi connectivity index (χ0) is 22.5. The van der Waals surface area contributed by atoms with E-state index < -0.39 is 0 Å². The molecule has 1 aliphatic rings. The molecule has 0 bridgehead atoms. The van der Waals surface area contributed by atoms with Crippen molar-refractivity contribution in [2.45, 2.75) is 19.8 Å². The Labute approximate surface area is 209 Å². The third-order valence-electron chi connectivity index (χ3n) is 5.70. The Bertz CT molecular complexity index is 1090. The van der Waals surface area contributed by atoms with Crippen molar-refractivity contribution >= 4 is 56.6 Å². The zero-order valence-electron chi connectivity index (χ0n) is 18.9. The fourth-order valence-electron chi connectivity index (χ4n) is 3.88. The van der Waals surface area contributed by atoms with E-state index in [1.54, 1.807) is 7.11 Å². The number of thiazole rings is 1. The normalized spacial score (nSPS) is 14.2. The molecule has 0 spiro atoms. The van der Waals surface area contributed by atoms with Crippen LogP contribution in [0.3, 0.4) is 0 Å². The van der Waals surface area contributed by atoms with Crippen LogP contribution in [0, 0.1) is 6.92 Å². The number of carbonyl (C=O) groups is 1. The second kappa shape index (κ2) is 12.0. The highest BCUT2D eigenvalue weighted by atomic mass is 35.5. The van der Waals surface area contributed by atoms with Crippen LogP contribution >= 0.6 is 35.3 Å². The summed E-state index contributed by atoms with van der Waals surface area (Å²) in [6.07, 6.45) is 1.10. The van der Waals surface area contributed by atoms with Crippen LogP contribution < -0.4 is 9.64 Å². The third kappa shape index (κ3) is 6.16. The number of carbonyl (C=O) groups excluding carboxylic acids is 1. The van der Waals surface area contributed by atoms with Gasteiger partial charge in [0.2, 0.25) is 5.91 Å². The van der Waals surface area contributed by atoms with Gasteiger partial charge in [0.1, 0.15) is 11.3 Å². The molecule has 6 nitrogen and oxygen atoms in total. The molecule has 0 unspecified atom stereocenters. The first kappa shape index (κ1) is 25.7. The molecule has 0 saturated carbocycles. The SMILES string of the molecule is COc1ccc(C)c2sc(N(CCCN3CCOCC3)C(=O)Cc3ccccc3Cl)nc12.Cl. The number of aryl methyl sites for hydroxylation is 1. The van der Waals surface area contributed by atoms with Gasteiger partial charge in [0.05, 0.1) is 31.4 Å². The molecule has 3 aromatic rings. The van der Waals surface area contributed by atoms with E-state index in [9.17, 15) is 4.79 Å². The van der Waals surface area contributed by atoms with Gasteiger partial charge in [0.15, 0.2) is 5.13 Å². The van der Waals surface area contributed by atoms with E-state index >= 15 is 0 Å². The summed E-state index contributed by atoms with van der Waals surface area (Å²) in [7, 11) is 1.64. The summed E-state index contributed by atoms with van der Waals surface area (Å²) in [5.41, 5.74) is 2.75. The van der Waals surface area contributed by atoms with Crippen molar-refractivity contribution < 1.29 is 14.3 Å². The first-order valence-corrected chi connectivity index (χ1v) is 12.0. The van der Waals surface area contributed by atoms with Gasteiger partial charge in [0.25, 0.3) is 0 Å². The summed E-state index contributed by atoms with van der Waals surface area (Å²) in [6.45, 7) is 6.99. The molecule has 1 aliphatic heterocycles. The van der Waals surface area contributed by atoms with Crippen molar-refractivity contribution in [1.29, 1.82) is 0 Å². The van der Waals surface area contributed by atoms with E-state index in [0.29, 0.717) is 16.7 Å². The first-order chi connectivity index (χ1) is 15.6. The number of morpholine rings is 1.